The third kappa shape index (κ3) is 4.52. The Morgan fingerprint density at radius 1 is 1.15 bits per heavy atom. The van der Waals surface area contributed by atoms with Crippen molar-refractivity contribution in [1.29, 1.82) is 0 Å². The monoisotopic (exact) mass is 387 g/mol. The van der Waals surface area contributed by atoms with Gasteiger partial charge in [0, 0.05) is 30.8 Å². The van der Waals surface area contributed by atoms with Gasteiger partial charge in [0.15, 0.2) is 0 Å². The topological polar surface area (TPSA) is 140 Å². The summed E-state index contributed by atoms with van der Waals surface area (Å²) in [6.45, 7) is 0.245. The van der Waals surface area contributed by atoms with E-state index in [-0.39, 0.29) is 30.2 Å². The average Bonchev–Trinajstić information content (AvgIpc) is 3.36. The molecule has 0 unspecified atom stereocenters. The molecule has 2 N–H and O–H groups in total. The van der Waals surface area contributed by atoms with Crippen molar-refractivity contribution in [3.05, 3.63) is 63.3 Å². The van der Waals surface area contributed by atoms with E-state index >= 15 is 0 Å². The van der Waals surface area contributed by atoms with Gasteiger partial charge in [-0.25, -0.2) is 0 Å². The number of nitrogens with one attached hydrogen (secondary N) is 2. The minimum Gasteiger partial charge on any atom is -0.350 e. The Bertz CT molecular complexity index is 969. The average molecular weight is 387 g/mol. The van der Waals surface area contributed by atoms with Gasteiger partial charge in [0.05, 0.1) is 9.80 Å². The summed E-state index contributed by atoms with van der Waals surface area (Å²) in [5, 5.41) is 21.4. The summed E-state index contributed by atoms with van der Waals surface area (Å²) in [7, 11) is 0. The normalized spacial score (nSPS) is 10.4. The number of nitro groups is 1. The number of nitro benzene ring substituents is 1. The Balaban J connectivity index is 1.47. The zero-order valence-electron chi connectivity index (χ0n) is 13.7. The molecule has 11 heteroatoms. The third-order valence-corrected chi connectivity index (χ3v) is 4.24. The molecule has 0 bridgehead atoms. The second kappa shape index (κ2) is 8.19. The van der Waals surface area contributed by atoms with Gasteiger partial charge in [-0.05, 0) is 17.5 Å². The Morgan fingerprint density at radius 2 is 1.93 bits per heavy atom. The lowest BCUT2D eigenvalue weighted by Gasteiger charge is -2.05. The van der Waals surface area contributed by atoms with Crippen molar-refractivity contribution in [2.24, 2.45) is 0 Å². The van der Waals surface area contributed by atoms with Crippen LogP contribution in [0.2, 0.25) is 0 Å². The fourth-order valence-electron chi connectivity index (χ4n) is 2.11. The minimum atomic E-state index is -0.578. The van der Waals surface area contributed by atoms with E-state index in [0.717, 1.165) is 4.88 Å². The molecule has 2 amide bonds. The van der Waals surface area contributed by atoms with E-state index in [9.17, 15) is 19.7 Å². The van der Waals surface area contributed by atoms with Crippen LogP contribution in [-0.4, -0.2) is 40.0 Å². The minimum absolute atomic E-state index is 0.121. The zero-order valence-corrected chi connectivity index (χ0v) is 14.6. The number of aromatic nitrogens is 2. The van der Waals surface area contributed by atoms with Gasteiger partial charge in [0.2, 0.25) is 5.82 Å². The highest BCUT2D eigenvalue weighted by atomic mass is 32.1. The van der Waals surface area contributed by atoms with E-state index < -0.39 is 16.7 Å². The second-order valence-corrected chi connectivity index (χ2v) is 6.17. The van der Waals surface area contributed by atoms with Gasteiger partial charge in [-0.2, -0.15) is 4.98 Å². The van der Waals surface area contributed by atoms with Crippen LogP contribution in [-0.2, 0) is 0 Å². The van der Waals surface area contributed by atoms with E-state index in [4.69, 9.17) is 4.52 Å². The maximum atomic E-state index is 12.0. The van der Waals surface area contributed by atoms with Crippen molar-refractivity contribution in [2.45, 2.75) is 0 Å². The van der Waals surface area contributed by atoms with Crippen LogP contribution in [0.25, 0.3) is 10.7 Å². The number of amides is 2. The highest BCUT2D eigenvalue weighted by Gasteiger charge is 2.16. The molecule has 0 fully saturated rings. The van der Waals surface area contributed by atoms with Crippen LogP contribution in [0.3, 0.4) is 0 Å². The number of benzene rings is 1. The molecule has 3 aromatic rings. The van der Waals surface area contributed by atoms with Crippen LogP contribution in [0, 0.1) is 10.1 Å². The lowest BCUT2D eigenvalue weighted by molar-refractivity contribution is -0.384. The molecule has 27 heavy (non-hydrogen) atoms. The van der Waals surface area contributed by atoms with E-state index in [2.05, 4.69) is 20.8 Å². The fraction of sp³-hybridized carbons (Fsp3) is 0.125. The smallest absolute Gasteiger partial charge is 0.316 e. The first-order valence-corrected chi connectivity index (χ1v) is 8.61. The van der Waals surface area contributed by atoms with Crippen LogP contribution < -0.4 is 10.6 Å². The highest BCUT2D eigenvalue weighted by Crippen LogP contribution is 2.21. The molecule has 10 nitrogen and oxygen atoms in total. The standard InChI is InChI=1S/C16H13N5O5S/c22-14(10-3-1-4-11(9-10)21(24)25)17-6-7-18-15(23)16-19-13(20-26-16)12-5-2-8-27-12/h1-5,8-9H,6-7H2,(H,17,22)(H,18,23). The number of hydrogen-bond acceptors (Lipinski definition) is 8. The number of carbonyl (C=O) groups is 2. The summed E-state index contributed by atoms with van der Waals surface area (Å²) < 4.78 is 4.92. The van der Waals surface area contributed by atoms with E-state index in [0.29, 0.717) is 5.82 Å². The SMILES string of the molecule is O=C(NCCNC(=O)c1nc(-c2cccs2)no1)c1cccc([N+](=O)[O-])c1. The molecule has 0 aliphatic heterocycles. The quantitative estimate of drug-likeness (QED) is 0.358. The molecule has 0 radical (unpaired) electrons. The third-order valence-electron chi connectivity index (χ3n) is 3.38. The number of nitrogens with zero attached hydrogens (tertiary/aromatic N) is 3. The van der Waals surface area contributed by atoms with Crippen molar-refractivity contribution >= 4 is 28.8 Å². The van der Waals surface area contributed by atoms with Crippen LogP contribution >= 0.6 is 11.3 Å². The lowest BCUT2D eigenvalue weighted by Crippen LogP contribution is -2.34. The largest absolute Gasteiger partial charge is 0.350 e. The first kappa shape index (κ1) is 18.2. The molecule has 138 valence electrons. The van der Waals surface area contributed by atoms with Crippen LogP contribution in [0.15, 0.2) is 46.3 Å². The van der Waals surface area contributed by atoms with Crippen molar-refractivity contribution < 1.29 is 19.0 Å². The Morgan fingerprint density at radius 3 is 2.63 bits per heavy atom. The summed E-state index contributed by atoms with van der Waals surface area (Å²) >= 11 is 1.42. The van der Waals surface area contributed by atoms with E-state index in [1.807, 2.05) is 11.4 Å². The molecular weight excluding hydrogens is 374 g/mol. The molecule has 0 saturated heterocycles. The van der Waals surface area contributed by atoms with Crippen molar-refractivity contribution in [3.8, 4) is 10.7 Å². The van der Waals surface area contributed by atoms with Crippen LogP contribution in [0.4, 0.5) is 5.69 Å². The summed E-state index contributed by atoms with van der Waals surface area (Å²) in [6, 6.07) is 9.01. The summed E-state index contributed by atoms with van der Waals surface area (Å²) in [5.74, 6) is -0.891. The summed E-state index contributed by atoms with van der Waals surface area (Å²) in [5.41, 5.74) is -0.0121. The maximum Gasteiger partial charge on any atom is 0.316 e. The molecule has 0 saturated carbocycles. The molecule has 0 aliphatic carbocycles. The lowest BCUT2D eigenvalue weighted by atomic mass is 10.2. The van der Waals surface area contributed by atoms with Crippen molar-refractivity contribution in [3.63, 3.8) is 0 Å². The van der Waals surface area contributed by atoms with Crippen LogP contribution in [0.1, 0.15) is 21.0 Å². The Kier molecular flexibility index (Phi) is 5.52. The number of hydrogen-bond donors (Lipinski definition) is 2. The molecular formula is C16H13N5O5S. The van der Waals surface area contributed by atoms with Crippen molar-refractivity contribution in [2.75, 3.05) is 13.1 Å². The summed E-state index contributed by atoms with van der Waals surface area (Å²) in [6.07, 6.45) is 0. The van der Waals surface area contributed by atoms with Gasteiger partial charge in [0.25, 0.3) is 11.6 Å². The van der Waals surface area contributed by atoms with Gasteiger partial charge in [-0.3, -0.25) is 19.7 Å². The van der Waals surface area contributed by atoms with Gasteiger partial charge in [0.1, 0.15) is 0 Å². The molecule has 0 aliphatic rings. The molecule has 1 aromatic carbocycles. The highest BCUT2D eigenvalue weighted by molar-refractivity contribution is 7.13. The second-order valence-electron chi connectivity index (χ2n) is 5.22. The van der Waals surface area contributed by atoms with Gasteiger partial charge in [-0.1, -0.05) is 17.3 Å². The molecule has 0 atom stereocenters. The number of non-ortho nitro benzene ring substituents is 1. The molecule has 2 aromatic heterocycles. The molecule has 2 heterocycles. The zero-order chi connectivity index (χ0) is 19.2. The van der Waals surface area contributed by atoms with Crippen LogP contribution in [0.5, 0.6) is 0 Å². The van der Waals surface area contributed by atoms with Crippen molar-refractivity contribution in [1.82, 2.24) is 20.8 Å². The maximum absolute atomic E-state index is 12.0. The van der Waals surface area contributed by atoms with E-state index in [1.54, 1.807) is 6.07 Å². The van der Waals surface area contributed by atoms with Gasteiger partial charge < -0.3 is 15.2 Å². The predicted octanol–water partition coefficient (Wildman–Crippen LogP) is 1.87. The summed E-state index contributed by atoms with van der Waals surface area (Å²) in [4.78, 5) is 38.9. The van der Waals surface area contributed by atoms with E-state index in [1.165, 1.54) is 35.6 Å². The Hall–Kier alpha value is -3.60. The predicted molar refractivity (Wildman–Crippen MR) is 95.4 cm³/mol. The fourth-order valence-corrected chi connectivity index (χ4v) is 2.76. The molecule has 3 rings (SSSR count). The van der Waals surface area contributed by atoms with Gasteiger partial charge in [-0.15, -0.1) is 11.3 Å². The molecule has 0 spiro atoms. The van der Waals surface area contributed by atoms with Gasteiger partial charge >= 0.3 is 11.8 Å². The number of thiophene rings is 1. The number of rotatable bonds is 7. The number of carbonyl (C=O) groups excluding carboxylic acids is 2. The first-order chi connectivity index (χ1) is 13.0. The Labute approximate surface area is 156 Å². The first-order valence-electron chi connectivity index (χ1n) is 7.73.